The number of likely N-dealkylation sites (tertiary alicyclic amines) is 1. The highest BCUT2D eigenvalue weighted by Gasteiger charge is 2.48. The smallest absolute Gasteiger partial charge is 0.295 e. The summed E-state index contributed by atoms with van der Waals surface area (Å²) in [5.74, 6) is -0.511. The second kappa shape index (κ2) is 8.49. The Morgan fingerprint density at radius 1 is 1.12 bits per heavy atom. The number of fused-ring (bicyclic) bond motifs is 1. The molecule has 2 aliphatic rings. The van der Waals surface area contributed by atoms with E-state index in [1.807, 2.05) is 18.2 Å². The monoisotopic (exact) mass is 450 g/mol. The standard InChI is InChI=1S/C24H26N4O5/c1-15-6-7-17(33-15)21-19(22(29)20-16(2)25-18-5-3-4-8-27(18)20)23(30)24(31)28(21)10-9-26-11-13-32-14-12-26/h3-8,21,29H,9-14H2,1-2H3/b22-19+/t21-/m0/s1. The number of amides is 1. The van der Waals surface area contributed by atoms with Crippen LogP contribution in [-0.2, 0) is 14.3 Å². The number of hydrogen-bond donors (Lipinski definition) is 1. The second-order valence-electron chi connectivity index (χ2n) is 8.37. The lowest BCUT2D eigenvalue weighted by atomic mass is 10.0. The summed E-state index contributed by atoms with van der Waals surface area (Å²) in [4.78, 5) is 34.5. The van der Waals surface area contributed by atoms with Crippen molar-refractivity contribution in [2.75, 3.05) is 39.4 Å². The largest absolute Gasteiger partial charge is 0.505 e. The topological polar surface area (TPSA) is 101 Å². The lowest BCUT2D eigenvalue weighted by Crippen LogP contribution is -2.42. The zero-order valence-corrected chi connectivity index (χ0v) is 18.7. The number of imidazole rings is 1. The summed E-state index contributed by atoms with van der Waals surface area (Å²) in [6.45, 7) is 7.34. The Balaban J connectivity index is 1.59. The molecule has 1 amide bonds. The number of aliphatic hydroxyl groups excluding tert-OH is 1. The summed E-state index contributed by atoms with van der Waals surface area (Å²) in [5.41, 5.74) is 1.62. The van der Waals surface area contributed by atoms with Crippen LogP contribution < -0.4 is 0 Å². The van der Waals surface area contributed by atoms with E-state index in [1.54, 1.807) is 36.6 Å². The highest BCUT2D eigenvalue weighted by molar-refractivity contribution is 6.46. The van der Waals surface area contributed by atoms with Gasteiger partial charge in [-0.25, -0.2) is 4.98 Å². The number of Topliss-reactive ketones (excluding diaryl/α,β-unsaturated/α-hetero) is 1. The van der Waals surface area contributed by atoms with E-state index in [0.29, 0.717) is 54.9 Å². The average Bonchev–Trinajstić information content (AvgIpc) is 3.46. The van der Waals surface area contributed by atoms with Gasteiger partial charge in [-0.1, -0.05) is 6.07 Å². The van der Waals surface area contributed by atoms with E-state index < -0.39 is 17.7 Å². The van der Waals surface area contributed by atoms with Crippen molar-refractivity contribution in [3.05, 3.63) is 65.0 Å². The molecule has 5 rings (SSSR count). The molecule has 0 radical (unpaired) electrons. The van der Waals surface area contributed by atoms with Crippen LogP contribution in [0, 0.1) is 13.8 Å². The molecule has 2 saturated heterocycles. The molecule has 33 heavy (non-hydrogen) atoms. The van der Waals surface area contributed by atoms with Gasteiger partial charge in [0.15, 0.2) is 5.76 Å². The van der Waals surface area contributed by atoms with Gasteiger partial charge in [0, 0.05) is 32.4 Å². The number of hydrogen-bond acceptors (Lipinski definition) is 7. The average molecular weight is 450 g/mol. The molecule has 172 valence electrons. The van der Waals surface area contributed by atoms with Gasteiger partial charge in [-0.15, -0.1) is 0 Å². The van der Waals surface area contributed by atoms with Gasteiger partial charge in [0.05, 0.1) is 24.5 Å². The van der Waals surface area contributed by atoms with Crippen LogP contribution in [0.2, 0.25) is 0 Å². The van der Waals surface area contributed by atoms with Crippen LogP contribution in [0.5, 0.6) is 0 Å². The van der Waals surface area contributed by atoms with Gasteiger partial charge in [0.25, 0.3) is 11.7 Å². The van der Waals surface area contributed by atoms with Crippen LogP contribution in [0.15, 0.2) is 46.5 Å². The molecule has 0 aromatic carbocycles. The third-order valence-corrected chi connectivity index (χ3v) is 6.26. The van der Waals surface area contributed by atoms with Crippen molar-refractivity contribution in [1.82, 2.24) is 19.2 Å². The van der Waals surface area contributed by atoms with E-state index in [2.05, 4.69) is 9.88 Å². The number of nitrogens with zero attached hydrogens (tertiary/aromatic N) is 4. The number of furan rings is 1. The van der Waals surface area contributed by atoms with Crippen molar-refractivity contribution >= 4 is 23.1 Å². The molecule has 1 atom stereocenters. The zero-order valence-electron chi connectivity index (χ0n) is 18.7. The predicted octanol–water partition coefficient (Wildman–Crippen LogP) is 2.30. The summed E-state index contributed by atoms with van der Waals surface area (Å²) < 4.78 is 13.0. The maximum atomic E-state index is 13.2. The minimum atomic E-state index is -0.812. The Hall–Kier alpha value is -3.43. The fraction of sp³-hybridized carbons (Fsp3) is 0.375. The zero-order chi connectivity index (χ0) is 23.1. The molecule has 0 unspecified atom stereocenters. The molecule has 3 aromatic rings. The fourth-order valence-corrected chi connectivity index (χ4v) is 4.61. The Morgan fingerprint density at radius 3 is 2.64 bits per heavy atom. The molecule has 9 nitrogen and oxygen atoms in total. The normalized spacial score (nSPS) is 21.4. The van der Waals surface area contributed by atoms with E-state index in [0.717, 1.165) is 13.1 Å². The molecular formula is C24H26N4O5. The van der Waals surface area contributed by atoms with E-state index >= 15 is 0 Å². The number of carbonyl (C=O) groups excluding carboxylic acids is 2. The molecule has 0 bridgehead atoms. The maximum absolute atomic E-state index is 13.2. The number of rotatable bonds is 5. The number of aromatic nitrogens is 2. The quantitative estimate of drug-likeness (QED) is 0.362. The SMILES string of the molecule is Cc1ccc([C@H]2/C(=C(\O)c3c(C)nc4ccccn34)C(=O)C(=O)N2CCN2CCOCC2)o1. The highest BCUT2D eigenvalue weighted by Crippen LogP contribution is 2.40. The van der Waals surface area contributed by atoms with Gasteiger partial charge in [-0.2, -0.15) is 0 Å². The van der Waals surface area contributed by atoms with Crippen molar-refractivity contribution in [2.45, 2.75) is 19.9 Å². The lowest BCUT2D eigenvalue weighted by molar-refractivity contribution is -0.140. The molecule has 1 N–H and O–H groups in total. The number of ether oxygens (including phenoxy) is 1. The molecule has 5 heterocycles. The van der Waals surface area contributed by atoms with E-state index in [-0.39, 0.29) is 11.3 Å². The highest BCUT2D eigenvalue weighted by atomic mass is 16.5. The Morgan fingerprint density at radius 2 is 1.91 bits per heavy atom. The second-order valence-corrected chi connectivity index (χ2v) is 8.37. The van der Waals surface area contributed by atoms with Crippen LogP contribution in [0.1, 0.15) is 29.0 Å². The molecule has 0 saturated carbocycles. The van der Waals surface area contributed by atoms with Crippen molar-refractivity contribution in [3.63, 3.8) is 0 Å². The molecule has 9 heteroatoms. The summed E-state index contributed by atoms with van der Waals surface area (Å²) in [6.07, 6.45) is 1.77. The van der Waals surface area contributed by atoms with Crippen LogP contribution in [0.4, 0.5) is 0 Å². The first-order chi connectivity index (χ1) is 16.0. The fourth-order valence-electron chi connectivity index (χ4n) is 4.61. The summed E-state index contributed by atoms with van der Waals surface area (Å²) >= 11 is 0. The van der Waals surface area contributed by atoms with Crippen molar-refractivity contribution < 1.29 is 23.8 Å². The summed E-state index contributed by atoms with van der Waals surface area (Å²) in [6, 6.07) is 8.21. The van der Waals surface area contributed by atoms with Gasteiger partial charge < -0.3 is 19.2 Å². The molecule has 2 aliphatic heterocycles. The minimum Gasteiger partial charge on any atom is -0.505 e. The lowest BCUT2D eigenvalue weighted by Gasteiger charge is -2.30. The van der Waals surface area contributed by atoms with Gasteiger partial charge in [0.1, 0.15) is 28.9 Å². The van der Waals surface area contributed by atoms with Gasteiger partial charge in [-0.3, -0.25) is 18.9 Å². The third-order valence-electron chi connectivity index (χ3n) is 6.26. The first-order valence-electron chi connectivity index (χ1n) is 11.0. The maximum Gasteiger partial charge on any atom is 0.295 e. The Labute approximate surface area is 190 Å². The van der Waals surface area contributed by atoms with Crippen LogP contribution in [0.25, 0.3) is 11.4 Å². The van der Waals surface area contributed by atoms with Crippen molar-refractivity contribution in [3.8, 4) is 0 Å². The summed E-state index contributed by atoms with van der Waals surface area (Å²) in [5, 5.41) is 11.4. The molecule has 3 aromatic heterocycles. The Kier molecular flexibility index (Phi) is 5.51. The van der Waals surface area contributed by atoms with E-state index in [9.17, 15) is 14.7 Å². The Bertz CT molecular complexity index is 1250. The number of carbonyl (C=O) groups is 2. The number of pyridine rings is 1. The predicted molar refractivity (Wildman–Crippen MR) is 120 cm³/mol. The van der Waals surface area contributed by atoms with Gasteiger partial charge >= 0.3 is 0 Å². The van der Waals surface area contributed by atoms with Gasteiger partial charge in [0.2, 0.25) is 0 Å². The molecule has 0 aliphatic carbocycles. The summed E-state index contributed by atoms with van der Waals surface area (Å²) in [7, 11) is 0. The first kappa shape index (κ1) is 21.4. The van der Waals surface area contributed by atoms with Crippen molar-refractivity contribution in [1.29, 1.82) is 0 Å². The first-order valence-corrected chi connectivity index (χ1v) is 11.0. The van der Waals surface area contributed by atoms with Crippen LogP contribution >= 0.6 is 0 Å². The van der Waals surface area contributed by atoms with Crippen molar-refractivity contribution in [2.24, 2.45) is 0 Å². The number of morpholine rings is 1. The van der Waals surface area contributed by atoms with Gasteiger partial charge in [-0.05, 0) is 38.1 Å². The third kappa shape index (κ3) is 3.73. The van der Waals surface area contributed by atoms with Crippen LogP contribution in [0.3, 0.4) is 0 Å². The minimum absolute atomic E-state index is 0.0186. The van der Waals surface area contributed by atoms with E-state index in [1.165, 1.54) is 4.90 Å². The van der Waals surface area contributed by atoms with Crippen LogP contribution in [-0.4, -0.2) is 75.4 Å². The molecule has 0 spiro atoms. The van der Waals surface area contributed by atoms with E-state index in [4.69, 9.17) is 9.15 Å². The number of aryl methyl sites for hydroxylation is 2. The number of ketones is 1. The molecule has 2 fully saturated rings. The number of aliphatic hydroxyl groups is 1. The molecular weight excluding hydrogens is 424 g/mol.